The highest BCUT2D eigenvalue weighted by molar-refractivity contribution is 7.18. The molecule has 0 aliphatic carbocycles. The van der Waals surface area contributed by atoms with E-state index in [1.807, 2.05) is 22.7 Å². The molecule has 0 aliphatic heterocycles. The lowest BCUT2D eigenvalue weighted by atomic mass is 10.2. The van der Waals surface area contributed by atoms with Crippen molar-refractivity contribution in [3.8, 4) is 0 Å². The molecule has 0 aliphatic rings. The molecule has 0 saturated carbocycles. The molecule has 0 radical (unpaired) electrons. The minimum absolute atomic E-state index is 0.979. The number of thiazole rings is 2. The van der Waals surface area contributed by atoms with Crippen LogP contribution in [-0.2, 0) is 6.54 Å². The van der Waals surface area contributed by atoms with E-state index in [0.29, 0.717) is 0 Å². The van der Waals surface area contributed by atoms with E-state index < -0.39 is 0 Å². The maximum Gasteiger partial charge on any atom is 0.267 e. The second-order valence-electron chi connectivity index (χ2n) is 6.60. The highest BCUT2D eigenvalue weighted by atomic mass is 32.1. The highest BCUT2D eigenvalue weighted by Crippen LogP contribution is 2.21. The molecule has 0 fully saturated rings. The van der Waals surface area contributed by atoms with Gasteiger partial charge in [0.15, 0.2) is 0 Å². The van der Waals surface area contributed by atoms with Crippen LogP contribution in [0.15, 0.2) is 66.3 Å². The molecule has 28 heavy (non-hydrogen) atoms. The normalized spacial score (nSPS) is 14.2. The predicted octanol–water partition coefficient (Wildman–Crippen LogP) is 5.18. The van der Waals surface area contributed by atoms with Crippen molar-refractivity contribution in [2.75, 3.05) is 0 Å². The Morgan fingerprint density at radius 3 is 2.36 bits per heavy atom. The second-order valence-corrected chi connectivity index (χ2v) is 8.72. The lowest BCUT2D eigenvalue weighted by Gasteiger charge is -1.91. The summed E-state index contributed by atoms with van der Waals surface area (Å²) in [5.74, 6) is 0. The van der Waals surface area contributed by atoms with Gasteiger partial charge in [0.05, 0.1) is 0 Å². The molecule has 2 heterocycles. The van der Waals surface area contributed by atoms with Crippen molar-refractivity contribution >= 4 is 55.3 Å². The molecule has 0 unspecified atom stereocenters. The van der Waals surface area contributed by atoms with E-state index in [1.165, 1.54) is 35.7 Å². The molecule has 4 rings (SSSR count). The van der Waals surface area contributed by atoms with Crippen LogP contribution in [0.25, 0.3) is 32.6 Å². The van der Waals surface area contributed by atoms with Crippen molar-refractivity contribution in [1.29, 1.82) is 0 Å². The molecule has 0 atom stereocenters. The number of aryl methyl sites for hydroxylation is 1. The third-order valence-corrected chi connectivity index (χ3v) is 7.00. The molecule has 4 aromatic rings. The van der Waals surface area contributed by atoms with Crippen LogP contribution in [0.1, 0.15) is 25.8 Å². The second kappa shape index (κ2) is 8.21. The van der Waals surface area contributed by atoms with Crippen LogP contribution in [0.5, 0.6) is 0 Å². The fourth-order valence-corrected chi connectivity index (χ4v) is 5.58. The number of benzene rings is 2. The van der Waals surface area contributed by atoms with Crippen LogP contribution in [0.4, 0.5) is 0 Å². The van der Waals surface area contributed by atoms with Gasteiger partial charge < -0.3 is 0 Å². The number of allylic oxidation sites excluding steroid dienone is 3. The first kappa shape index (κ1) is 18.8. The van der Waals surface area contributed by atoms with Crippen LogP contribution in [0, 0.1) is 6.21 Å². The fraction of sp³-hybridized carbons (Fsp3) is 0.167. The van der Waals surface area contributed by atoms with Gasteiger partial charge in [0.2, 0.25) is 11.0 Å². The average molecular weight is 405 g/mol. The van der Waals surface area contributed by atoms with Crippen LogP contribution in [-0.4, -0.2) is 0 Å². The monoisotopic (exact) mass is 404 g/mol. The van der Waals surface area contributed by atoms with Crippen LogP contribution >= 0.6 is 22.7 Å². The van der Waals surface area contributed by atoms with E-state index in [1.54, 1.807) is 0 Å². The Labute approximate surface area is 173 Å². The third kappa shape index (κ3) is 3.58. The summed E-state index contributed by atoms with van der Waals surface area (Å²) in [4.78, 5) is 0. The maximum absolute atomic E-state index is 2.37. The Bertz CT molecular complexity index is 1320. The molecular formula is C24H24N2S2+2. The molecule has 0 amide bonds. The van der Waals surface area contributed by atoms with Gasteiger partial charge in [-0.05, 0) is 26.0 Å². The fourth-order valence-electron chi connectivity index (χ4n) is 3.37. The molecular weight excluding hydrogens is 380 g/mol. The maximum atomic E-state index is 2.37. The standard InChI is InChI=1S/C24H24N2S2/c1-4-25-19-10-6-8-12-21(19)27-23(25)16-14-18(3)15-17-24-26(5-2)20-11-7-9-13-22(20)28-24/h4,6-17H,5H2,1-3H3/q+2/b17-15+,18-14+,23-16-,25-4?. The zero-order valence-corrected chi connectivity index (χ0v) is 18.1. The molecule has 140 valence electrons. The van der Waals surface area contributed by atoms with Crippen LogP contribution in [0.3, 0.4) is 0 Å². The third-order valence-electron chi connectivity index (χ3n) is 4.77. The number of nitrogens with zero attached hydrogens (tertiary/aromatic N) is 2. The van der Waals surface area contributed by atoms with E-state index in [0.717, 1.165) is 6.54 Å². The largest absolute Gasteiger partial charge is 0.267 e. The Kier molecular flexibility index (Phi) is 5.51. The quantitative estimate of drug-likeness (QED) is 0.328. The lowest BCUT2D eigenvalue weighted by molar-refractivity contribution is -0.665. The number of rotatable bonds is 4. The summed E-state index contributed by atoms with van der Waals surface area (Å²) in [6.45, 7) is 7.42. The van der Waals surface area contributed by atoms with Crippen molar-refractivity contribution in [3.63, 3.8) is 0 Å². The predicted molar refractivity (Wildman–Crippen MR) is 122 cm³/mol. The Balaban J connectivity index is 1.69. The molecule has 0 spiro atoms. The van der Waals surface area contributed by atoms with Crippen molar-refractivity contribution in [3.05, 3.63) is 82.1 Å². The van der Waals surface area contributed by atoms with Gasteiger partial charge >= 0.3 is 0 Å². The zero-order valence-electron chi connectivity index (χ0n) is 16.4. The van der Waals surface area contributed by atoms with Gasteiger partial charge in [0.25, 0.3) is 9.67 Å². The Hall–Kier alpha value is -2.56. The SMILES string of the molecule is CC=[n+]1/c(=C/C=C(C)/C=C/c2sc3ccccc3[n+]2CC)sc2ccccc21. The average Bonchev–Trinajstić information content (AvgIpc) is 3.27. The summed E-state index contributed by atoms with van der Waals surface area (Å²) in [7, 11) is 0. The van der Waals surface area contributed by atoms with Gasteiger partial charge in [0, 0.05) is 31.2 Å². The van der Waals surface area contributed by atoms with Gasteiger partial charge in [0.1, 0.15) is 22.2 Å². The molecule has 0 bridgehead atoms. The molecule has 2 aromatic carbocycles. The van der Waals surface area contributed by atoms with Crippen molar-refractivity contribution in [2.24, 2.45) is 0 Å². The summed E-state index contributed by atoms with van der Waals surface area (Å²) in [5.41, 5.74) is 3.81. The number of para-hydroxylation sites is 2. The summed E-state index contributed by atoms with van der Waals surface area (Å²) >= 11 is 3.67. The summed E-state index contributed by atoms with van der Waals surface area (Å²) in [6, 6.07) is 17.2. The highest BCUT2D eigenvalue weighted by Gasteiger charge is 2.15. The number of hydrogen-bond acceptors (Lipinski definition) is 2. The first-order valence-electron chi connectivity index (χ1n) is 9.55. The summed E-state index contributed by atoms with van der Waals surface area (Å²) < 4.78 is 8.51. The smallest absolute Gasteiger partial charge is 0.182 e. The van der Waals surface area contributed by atoms with Gasteiger partial charge in [-0.25, -0.2) is 0 Å². The number of fused-ring (bicyclic) bond motifs is 2. The van der Waals surface area contributed by atoms with E-state index in [9.17, 15) is 0 Å². The summed E-state index contributed by atoms with van der Waals surface area (Å²) in [6.07, 6.45) is 11.0. The molecule has 0 N–H and O–H groups in total. The van der Waals surface area contributed by atoms with Crippen molar-refractivity contribution < 1.29 is 8.81 Å². The van der Waals surface area contributed by atoms with Gasteiger partial charge in [-0.3, -0.25) is 0 Å². The number of aromatic nitrogens is 2. The first-order valence-corrected chi connectivity index (χ1v) is 11.2. The van der Waals surface area contributed by atoms with Gasteiger partial charge in [-0.2, -0.15) is 8.81 Å². The first-order chi connectivity index (χ1) is 13.7. The van der Waals surface area contributed by atoms with E-state index in [4.69, 9.17) is 0 Å². The van der Waals surface area contributed by atoms with Crippen LogP contribution < -0.4 is 13.5 Å². The summed E-state index contributed by atoms with van der Waals surface area (Å²) in [5, 5.41) is 1.29. The molecule has 2 nitrogen and oxygen atoms in total. The molecule has 2 aromatic heterocycles. The Morgan fingerprint density at radius 2 is 1.64 bits per heavy atom. The number of hydrogen-bond donors (Lipinski definition) is 0. The topological polar surface area (TPSA) is 9.78 Å². The van der Waals surface area contributed by atoms with Crippen LogP contribution in [0.2, 0.25) is 0 Å². The van der Waals surface area contributed by atoms with Gasteiger partial charge in [-0.15, -0.1) is 0 Å². The van der Waals surface area contributed by atoms with Crippen molar-refractivity contribution in [1.82, 2.24) is 0 Å². The minimum atomic E-state index is 0.979. The zero-order chi connectivity index (χ0) is 19.5. The molecule has 4 heteroatoms. The van der Waals surface area contributed by atoms with E-state index in [2.05, 4.69) is 109 Å². The van der Waals surface area contributed by atoms with E-state index in [-0.39, 0.29) is 0 Å². The van der Waals surface area contributed by atoms with Gasteiger partial charge in [-0.1, -0.05) is 64.7 Å². The Morgan fingerprint density at radius 1 is 0.964 bits per heavy atom. The lowest BCUT2D eigenvalue weighted by Crippen LogP contribution is -2.33. The van der Waals surface area contributed by atoms with E-state index >= 15 is 0 Å². The molecule has 0 saturated heterocycles. The van der Waals surface area contributed by atoms with Crippen molar-refractivity contribution in [2.45, 2.75) is 27.3 Å². The minimum Gasteiger partial charge on any atom is -0.182 e.